The van der Waals surface area contributed by atoms with Crippen LogP contribution >= 0.6 is 0 Å². The first kappa shape index (κ1) is 13.7. The molecule has 0 heterocycles. The van der Waals surface area contributed by atoms with E-state index in [1.165, 1.54) is 18.2 Å². The van der Waals surface area contributed by atoms with Crippen molar-refractivity contribution in [2.24, 2.45) is 0 Å². The van der Waals surface area contributed by atoms with Crippen LogP contribution in [-0.2, 0) is 9.53 Å². The van der Waals surface area contributed by atoms with E-state index in [1.54, 1.807) is 19.1 Å². The summed E-state index contributed by atoms with van der Waals surface area (Å²) in [4.78, 5) is 21.1. The molecule has 18 heavy (non-hydrogen) atoms. The third-order valence-electron chi connectivity index (χ3n) is 2.17. The van der Waals surface area contributed by atoms with E-state index in [2.05, 4.69) is 0 Å². The molecule has 0 aliphatic heterocycles. The van der Waals surface area contributed by atoms with E-state index in [0.717, 1.165) is 0 Å². The van der Waals surface area contributed by atoms with Gasteiger partial charge in [-0.2, -0.15) is 0 Å². The molecule has 0 saturated carbocycles. The zero-order chi connectivity index (χ0) is 13.5. The number of nitrogen functional groups attached to an aromatic ring is 1. The highest BCUT2D eigenvalue weighted by Gasteiger charge is 2.06. The molecule has 0 radical (unpaired) electrons. The van der Waals surface area contributed by atoms with E-state index in [0.29, 0.717) is 17.9 Å². The van der Waals surface area contributed by atoms with Crippen LogP contribution in [-0.4, -0.2) is 17.5 Å². The summed E-state index contributed by atoms with van der Waals surface area (Å²) in [5, 5.41) is 10.5. The summed E-state index contributed by atoms with van der Waals surface area (Å²) in [5.41, 5.74) is 6.53. The van der Waals surface area contributed by atoms with Crippen LogP contribution in [0.2, 0.25) is 0 Å². The van der Waals surface area contributed by atoms with Gasteiger partial charge < -0.3 is 10.5 Å². The van der Waals surface area contributed by atoms with Gasteiger partial charge in [0.15, 0.2) is 0 Å². The van der Waals surface area contributed by atoms with Crippen molar-refractivity contribution >= 4 is 23.4 Å². The van der Waals surface area contributed by atoms with Crippen LogP contribution in [0.4, 0.5) is 11.4 Å². The van der Waals surface area contributed by atoms with Crippen LogP contribution in [0.15, 0.2) is 24.3 Å². The van der Waals surface area contributed by atoms with Crippen molar-refractivity contribution in [3.8, 4) is 0 Å². The van der Waals surface area contributed by atoms with E-state index >= 15 is 0 Å². The van der Waals surface area contributed by atoms with E-state index in [1.807, 2.05) is 0 Å². The predicted molar refractivity (Wildman–Crippen MR) is 67.8 cm³/mol. The Morgan fingerprint density at radius 2 is 2.28 bits per heavy atom. The zero-order valence-electron chi connectivity index (χ0n) is 9.96. The van der Waals surface area contributed by atoms with Crippen LogP contribution in [0.5, 0.6) is 0 Å². The molecule has 1 aromatic carbocycles. The third kappa shape index (κ3) is 3.89. The van der Waals surface area contributed by atoms with Crippen LogP contribution < -0.4 is 5.73 Å². The molecule has 6 nitrogen and oxygen atoms in total. The lowest BCUT2D eigenvalue weighted by Crippen LogP contribution is -2.01. The van der Waals surface area contributed by atoms with Gasteiger partial charge in [0.25, 0.3) is 5.69 Å². The highest BCUT2D eigenvalue weighted by Crippen LogP contribution is 2.20. The van der Waals surface area contributed by atoms with Gasteiger partial charge in [-0.3, -0.25) is 14.9 Å². The lowest BCUT2D eigenvalue weighted by Gasteiger charge is -2.00. The lowest BCUT2D eigenvalue weighted by molar-refractivity contribution is -0.384. The van der Waals surface area contributed by atoms with E-state index in [4.69, 9.17) is 10.5 Å². The number of nitro groups is 1. The maximum absolute atomic E-state index is 11.1. The molecule has 0 bridgehead atoms. The fourth-order valence-corrected chi connectivity index (χ4v) is 1.33. The van der Waals surface area contributed by atoms with E-state index in [-0.39, 0.29) is 18.1 Å². The number of rotatable bonds is 5. The molecular formula is C12H14N2O4. The minimum absolute atomic E-state index is 0.0601. The standard InChI is InChI=1S/C12H14N2O4/c1-2-18-12(15)5-3-4-9-6-7-10(14(16)17)8-11(9)13/h3-4,6-8H,2,5,13H2,1H3. The topological polar surface area (TPSA) is 95.5 Å². The number of carbonyl (C=O) groups is 1. The zero-order valence-corrected chi connectivity index (χ0v) is 9.96. The number of anilines is 1. The Labute approximate surface area is 104 Å². The molecule has 0 saturated heterocycles. The SMILES string of the molecule is CCOC(=O)CC=Cc1ccc([N+](=O)[O-])cc1N. The van der Waals surface area contributed by atoms with Gasteiger partial charge in [0.1, 0.15) is 0 Å². The summed E-state index contributed by atoms with van der Waals surface area (Å²) < 4.78 is 4.75. The molecule has 0 fully saturated rings. The number of nitro benzene ring substituents is 1. The maximum atomic E-state index is 11.1. The fraction of sp³-hybridized carbons (Fsp3) is 0.250. The number of carbonyl (C=O) groups excluding carboxylic acids is 1. The molecule has 0 aliphatic carbocycles. The van der Waals surface area contributed by atoms with Crippen molar-refractivity contribution < 1.29 is 14.5 Å². The number of non-ortho nitro benzene ring substituents is 1. The summed E-state index contributed by atoms with van der Waals surface area (Å²) >= 11 is 0. The van der Waals surface area contributed by atoms with Crippen molar-refractivity contribution in [2.75, 3.05) is 12.3 Å². The van der Waals surface area contributed by atoms with Gasteiger partial charge in [0.2, 0.25) is 0 Å². The Hall–Kier alpha value is -2.37. The summed E-state index contributed by atoms with van der Waals surface area (Å²) in [6.45, 7) is 2.07. The summed E-state index contributed by atoms with van der Waals surface area (Å²) in [6.07, 6.45) is 3.38. The van der Waals surface area contributed by atoms with Gasteiger partial charge in [-0.05, 0) is 18.6 Å². The Bertz CT molecular complexity index is 483. The van der Waals surface area contributed by atoms with Gasteiger partial charge in [-0.25, -0.2) is 0 Å². The molecule has 1 aromatic rings. The van der Waals surface area contributed by atoms with Crippen molar-refractivity contribution in [1.29, 1.82) is 0 Å². The van der Waals surface area contributed by atoms with Gasteiger partial charge in [0.05, 0.1) is 18.0 Å². The number of nitrogens with zero attached hydrogens (tertiary/aromatic N) is 1. The summed E-state index contributed by atoms with van der Waals surface area (Å²) in [5.74, 6) is -0.325. The molecule has 0 aliphatic rings. The maximum Gasteiger partial charge on any atom is 0.309 e. The minimum Gasteiger partial charge on any atom is -0.466 e. The highest BCUT2D eigenvalue weighted by atomic mass is 16.6. The number of hydrogen-bond acceptors (Lipinski definition) is 5. The molecule has 0 spiro atoms. The normalized spacial score (nSPS) is 10.5. The van der Waals surface area contributed by atoms with Crippen molar-refractivity contribution in [3.63, 3.8) is 0 Å². The second kappa shape index (κ2) is 6.39. The number of nitrogens with two attached hydrogens (primary N) is 1. The molecule has 96 valence electrons. The second-order valence-electron chi connectivity index (χ2n) is 3.48. The van der Waals surface area contributed by atoms with Crippen molar-refractivity contribution in [2.45, 2.75) is 13.3 Å². The third-order valence-corrected chi connectivity index (χ3v) is 2.17. The fourth-order valence-electron chi connectivity index (χ4n) is 1.33. The average molecular weight is 250 g/mol. The van der Waals surface area contributed by atoms with Crippen LogP contribution in [0.1, 0.15) is 18.9 Å². The van der Waals surface area contributed by atoms with Crippen LogP contribution in [0, 0.1) is 10.1 Å². The van der Waals surface area contributed by atoms with Gasteiger partial charge >= 0.3 is 5.97 Å². The first-order valence-corrected chi connectivity index (χ1v) is 5.40. The largest absolute Gasteiger partial charge is 0.466 e. The van der Waals surface area contributed by atoms with E-state index < -0.39 is 4.92 Å². The van der Waals surface area contributed by atoms with Gasteiger partial charge in [-0.15, -0.1) is 0 Å². The molecule has 1 rings (SSSR count). The predicted octanol–water partition coefficient (Wildman–Crippen LogP) is 2.14. The van der Waals surface area contributed by atoms with Crippen LogP contribution in [0.3, 0.4) is 0 Å². The van der Waals surface area contributed by atoms with Gasteiger partial charge in [0, 0.05) is 17.8 Å². The Morgan fingerprint density at radius 1 is 1.56 bits per heavy atom. The molecule has 0 amide bonds. The molecule has 0 aromatic heterocycles. The van der Waals surface area contributed by atoms with E-state index in [9.17, 15) is 14.9 Å². The van der Waals surface area contributed by atoms with Crippen LogP contribution in [0.25, 0.3) is 6.08 Å². The monoisotopic (exact) mass is 250 g/mol. The van der Waals surface area contributed by atoms with Gasteiger partial charge in [-0.1, -0.05) is 12.2 Å². The highest BCUT2D eigenvalue weighted by molar-refractivity contribution is 5.74. The Balaban J connectivity index is 2.71. The average Bonchev–Trinajstić information content (AvgIpc) is 2.31. The molecule has 2 N–H and O–H groups in total. The summed E-state index contributed by atoms with van der Waals surface area (Å²) in [7, 11) is 0. The molecule has 6 heteroatoms. The van der Waals surface area contributed by atoms with Crippen molar-refractivity contribution in [1.82, 2.24) is 0 Å². The minimum atomic E-state index is -0.511. The number of esters is 1. The van der Waals surface area contributed by atoms with Crippen molar-refractivity contribution in [3.05, 3.63) is 40.0 Å². The molecular weight excluding hydrogens is 236 g/mol. The smallest absolute Gasteiger partial charge is 0.309 e. The number of benzene rings is 1. The Morgan fingerprint density at radius 3 is 2.83 bits per heavy atom. The number of ether oxygens (including phenoxy) is 1. The second-order valence-corrected chi connectivity index (χ2v) is 3.48. The molecule has 0 atom stereocenters. The summed E-state index contributed by atoms with van der Waals surface area (Å²) in [6, 6.07) is 4.18. The first-order valence-electron chi connectivity index (χ1n) is 5.40. The first-order chi connectivity index (χ1) is 8.54. The lowest BCUT2D eigenvalue weighted by atomic mass is 10.1. The quantitative estimate of drug-likeness (QED) is 0.374. The molecule has 0 unspecified atom stereocenters. The number of hydrogen-bond donors (Lipinski definition) is 1. The Kier molecular flexibility index (Phi) is 4.86.